The summed E-state index contributed by atoms with van der Waals surface area (Å²) in [5.41, 5.74) is 11.8. The van der Waals surface area contributed by atoms with E-state index in [9.17, 15) is 0 Å². The first kappa shape index (κ1) is 37.2. The standard InChI is InChI=1S/C21H25.C10H17Si.C7H7.CH3.CH2.2ClH.Zr/c1-20(2,3)16-9-7-14-11-15-8-10-17(21(4,5)6)13-19(15)18(14)12-16;1-8-6-9(2)10(7-8)11(3,4)5;1-7-5-3-2-4-6-7;;;;;/h7,9-10,12-13H,11H2,1-6H3;7-8H,1-5H3;3-6H,1H3;1H3;1H2;2*1H;. The van der Waals surface area contributed by atoms with Gasteiger partial charge in [-0.3, -0.25) is 0 Å². The van der Waals surface area contributed by atoms with Crippen LogP contribution in [0, 0.1) is 12.8 Å². The fourth-order valence-electron chi connectivity index (χ4n) is 8.12. The van der Waals surface area contributed by atoms with E-state index in [1.807, 2.05) is 0 Å². The van der Waals surface area contributed by atoms with Crippen LogP contribution in [0.4, 0.5) is 0 Å². The molecule has 238 valence electrons. The number of aryl methyl sites for hydroxylation is 1. The minimum atomic E-state index is -4.41. The van der Waals surface area contributed by atoms with Crippen LogP contribution in [-0.4, -0.2) is 12.3 Å². The fourth-order valence-corrected chi connectivity index (χ4v) is 25.3. The SMILES string of the molecule is Cl.Cl.[CH2]=[Zr]([CH3])([C]1=C(C)C([Si](C)(C)C)=CC1C)([c]1ccc(C)cc1)[c]1cc(C(C)(C)C)cc2c1Cc1ccc(C(C)(C)C)cc1-2. The molecule has 3 aromatic rings. The van der Waals surface area contributed by atoms with Gasteiger partial charge in [0, 0.05) is 0 Å². The van der Waals surface area contributed by atoms with Gasteiger partial charge in [-0.05, 0) is 0 Å². The number of benzene rings is 3. The third-order valence-corrected chi connectivity index (χ3v) is 27.7. The van der Waals surface area contributed by atoms with Crippen LogP contribution in [0.5, 0.6) is 0 Å². The summed E-state index contributed by atoms with van der Waals surface area (Å²) in [7, 11) is -1.52. The first-order chi connectivity index (χ1) is 19.1. The maximum atomic E-state index is 5.63. The molecule has 1 unspecified atom stereocenters. The van der Waals surface area contributed by atoms with E-state index in [1.54, 1.807) is 22.9 Å². The Balaban J connectivity index is 0.00000264. The Morgan fingerprint density at radius 3 is 1.82 bits per heavy atom. The molecule has 0 bridgehead atoms. The molecular weight excluding hydrogens is 671 g/mol. The van der Waals surface area contributed by atoms with Crippen LogP contribution in [0.3, 0.4) is 0 Å². The van der Waals surface area contributed by atoms with E-state index in [1.165, 1.54) is 36.7 Å². The summed E-state index contributed by atoms with van der Waals surface area (Å²) in [4.78, 5) is 0. The normalized spacial score (nSPS) is 17.0. The zero-order valence-electron chi connectivity index (χ0n) is 29.6. The summed E-state index contributed by atoms with van der Waals surface area (Å²) in [6.07, 6.45) is 3.63. The number of halogens is 2. The number of rotatable bonds is 4. The number of hydrogen-bond acceptors (Lipinski definition) is 0. The van der Waals surface area contributed by atoms with Crippen molar-refractivity contribution in [3.05, 3.63) is 103 Å². The molecule has 0 aromatic heterocycles. The van der Waals surface area contributed by atoms with Crippen LogP contribution in [0.15, 0.2) is 74.7 Å². The van der Waals surface area contributed by atoms with Gasteiger partial charge < -0.3 is 0 Å². The molecule has 0 heterocycles. The summed E-state index contributed by atoms with van der Waals surface area (Å²) >= 11 is -4.41. The van der Waals surface area contributed by atoms with Crippen LogP contribution >= 0.6 is 24.8 Å². The minimum absolute atomic E-state index is 0. The van der Waals surface area contributed by atoms with Gasteiger partial charge in [-0.1, -0.05) is 0 Å². The molecule has 2 aliphatic rings. The van der Waals surface area contributed by atoms with E-state index < -0.39 is 26.4 Å². The molecule has 0 fully saturated rings. The van der Waals surface area contributed by atoms with Gasteiger partial charge in [-0.15, -0.1) is 24.8 Å². The summed E-state index contributed by atoms with van der Waals surface area (Å²) in [6, 6.07) is 22.0. The Hall–Kier alpha value is -1.31. The molecule has 0 saturated heterocycles. The molecule has 0 radical (unpaired) electrons. The summed E-state index contributed by atoms with van der Waals surface area (Å²) in [5.74, 6) is 0.409. The number of hydrogen-bond donors (Lipinski definition) is 0. The van der Waals surface area contributed by atoms with Crippen molar-refractivity contribution in [1.29, 1.82) is 0 Å². The Kier molecular flexibility index (Phi) is 9.91. The average molecular weight is 727 g/mol. The molecule has 44 heavy (non-hydrogen) atoms. The number of allylic oxidation sites excluding steroid dienone is 4. The molecule has 0 spiro atoms. The molecule has 0 N–H and O–H groups in total. The van der Waals surface area contributed by atoms with Gasteiger partial charge in [0.25, 0.3) is 0 Å². The van der Waals surface area contributed by atoms with Gasteiger partial charge in [-0.25, -0.2) is 0 Å². The van der Waals surface area contributed by atoms with Crippen molar-refractivity contribution < 1.29 is 18.3 Å². The van der Waals surface area contributed by atoms with Gasteiger partial charge >= 0.3 is 261 Å². The zero-order valence-corrected chi connectivity index (χ0v) is 34.7. The van der Waals surface area contributed by atoms with Gasteiger partial charge in [0.15, 0.2) is 0 Å². The van der Waals surface area contributed by atoms with E-state index in [-0.39, 0.29) is 35.6 Å². The van der Waals surface area contributed by atoms with Gasteiger partial charge in [0.2, 0.25) is 0 Å². The third kappa shape index (κ3) is 5.96. The molecule has 0 amide bonds. The maximum absolute atomic E-state index is 5.63. The van der Waals surface area contributed by atoms with Crippen molar-refractivity contribution >= 4 is 43.6 Å². The monoisotopic (exact) mass is 724 g/mol. The van der Waals surface area contributed by atoms with Crippen LogP contribution in [0.2, 0.25) is 24.3 Å². The molecule has 0 aliphatic heterocycles. The topological polar surface area (TPSA) is 0 Å². The molecule has 0 nitrogen and oxygen atoms in total. The second-order valence-electron chi connectivity index (χ2n) is 17.1. The van der Waals surface area contributed by atoms with E-state index in [0.29, 0.717) is 5.92 Å². The Morgan fingerprint density at radius 2 is 1.32 bits per heavy atom. The second kappa shape index (κ2) is 11.7. The predicted molar refractivity (Wildman–Crippen MR) is 203 cm³/mol. The molecule has 3 aromatic carbocycles. The molecule has 2 aliphatic carbocycles. The molecule has 0 saturated carbocycles. The molecule has 5 rings (SSSR count). The first-order valence-corrected chi connectivity index (χ1v) is 27.4. The van der Waals surface area contributed by atoms with Crippen LogP contribution in [-0.2, 0) is 35.5 Å². The average Bonchev–Trinajstić information content (AvgIpc) is 3.39. The Bertz CT molecular complexity index is 1730. The summed E-state index contributed by atoms with van der Waals surface area (Å²) < 4.78 is 13.0. The van der Waals surface area contributed by atoms with Crippen LogP contribution < -0.4 is 6.54 Å². The first-order valence-electron chi connectivity index (χ1n) is 16.0. The predicted octanol–water partition coefficient (Wildman–Crippen LogP) is 10.9. The van der Waals surface area contributed by atoms with Crippen LogP contribution in [0.1, 0.15) is 83.2 Å². The van der Waals surface area contributed by atoms with Crippen molar-refractivity contribution in [2.24, 2.45) is 5.92 Å². The molecular formula is C40H56Cl2SiZr. The second-order valence-corrected chi connectivity index (χ2v) is 36.1. The van der Waals surface area contributed by atoms with E-state index >= 15 is 0 Å². The third-order valence-electron chi connectivity index (χ3n) is 10.5. The van der Waals surface area contributed by atoms with E-state index in [0.717, 1.165) is 6.42 Å². The van der Waals surface area contributed by atoms with Gasteiger partial charge in [0.05, 0.1) is 0 Å². The summed E-state index contributed by atoms with van der Waals surface area (Å²) in [6.45, 7) is 28.8. The fraction of sp³-hybridized carbons (Fsp3) is 0.425. The van der Waals surface area contributed by atoms with Crippen molar-refractivity contribution in [3.8, 4) is 11.1 Å². The quantitative estimate of drug-likeness (QED) is 0.184. The molecule has 1 atom stereocenters. The summed E-state index contributed by atoms with van der Waals surface area (Å²) in [5, 5.41) is 1.64. The van der Waals surface area contributed by atoms with Gasteiger partial charge in [0.1, 0.15) is 0 Å². The Morgan fingerprint density at radius 1 is 0.773 bits per heavy atom. The van der Waals surface area contributed by atoms with Crippen LogP contribution in [0.25, 0.3) is 11.1 Å². The van der Waals surface area contributed by atoms with E-state index in [4.69, 9.17) is 4.21 Å². The molecule has 4 heteroatoms. The number of fused-ring (bicyclic) bond motifs is 3. The van der Waals surface area contributed by atoms with Gasteiger partial charge in [-0.2, -0.15) is 0 Å². The van der Waals surface area contributed by atoms with Crippen molar-refractivity contribution in [2.75, 3.05) is 0 Å². The van der Waals surface area contributed by atoms with Crippen molar-refractivity contribution in [3.63, 3.8) is 0 Å². The van der Waals surface area contributed by atoms with E-state index in [2.05, 4.69) is 147 Å². The zero-order chi connectivity index (χ0) is 31.2. The van der Waals surface area contributed by atoms with Crippen molar-refractivity contribution in [1.82, 2.24) is 0 Å². The Labute approximate surface area is 283 Å². The van der Waals surface area contributed by atoms with Crippen molar-refractivity contribution in [2.45, 2.75) is 104 Å².